The molecule has 2 aromatic rings. The van der Waals surface area contributed by atoms with Gasteiger partial charge in [0.1, 0.15) is 12.3 Å². The molecule has 3 N–H and O–H groups in total. The van der Waals surface area contributed by atoms with Crippen LogP contribution >= 0.6 is 0 Å². The molecule has 3 amide bonds. The minimum atomic E-state index is -3.33. The van der Waals surface area contributed by atoms with E-state index in [1.807, 2.05) is 6.92 Å². The van der Waals surface area contributed by atoms with Crippen LogP contribution in [0.15, 0.2) is 36.5 Å². The van der Waals surface area contributed by atoms with E-state index in [0.29, 0.717) is 50.0 Å². The summed E-state index contributed by atoms with van der Waals surface area (Å²) in [6, 6.07) is 6.37. The van der Waals surface area contributed by atoms with E-state index in [1.54, 1.807) is 24.4 Å². The molecule has 0 spiro atoms. The Morgan fingerprint density at radius 3 is 2.69 bits per heavy atom. The molecule has 0 aliphatic carbocycles. The first kappa shape index (κ1) is 24.8. The monoisotopic (exact) mass is 490 g/mol. The molecule has 3 heterocycles. The van der Waals surface area contributed by atoms with Crippen LogP contribution in [0.25, 0.3) is 0 Å². The molecule has 2 aliphatic rings. The number of aliphatic hydroxyl groups is 1. The predicted molar refractivity (Wildman–Crippen MR) is 124 cm³/mol. The number of benzene rings is 1. The molecule has 1 saturated heterocycles. The Bertz CT molecular complexity index is 1080. The van der Waals surface area contributed by atoms with Crippen molar-refractivity contribution < 1.29 is 33.0 Å². The zero-order valence-corrected chi connectivity index (χ0v) is 19.5. The lowest BCUT2D eigenvalue weighted by molar-refractivity contribution is -0.158. The SMILES string of the molecule is Cc1cnc2c(c1)NC(=O)CN2C(=O)NC(CC1(O)CCOCC1)c1ccc(OC(C)(F)F)cc1. The van der Waals surface area contributed by atoms with Gasteiger partial charge in [-0.1, -0.05) is 12.1 Å². The van der Waals surface area contributed by atoms with Gasteiger partial charge in [0, 0.05) is 32.8 Å². The van der Waals surface area contributed by atoms with Crippen LogP contribution in [0.3, 0.4) is 0 Å². The zero-order valence-electron chi connectivity index (χ0n) is 19.5. The van der Waals surface area contributed by atoms with Gasteiger partial charge in [-0.3, -0.25) is 9.69 Å². The first-order valence-electron chi connectivity index (χ1n) is 11.3. The molecule has 0 bridgehead atoms. The van der Waals surface area contributed by atoms with Crippen LogP contribution in [0.5, 0.6) is 5.75 Å². The van der Waals surface area contributed by atoms with E-state index in [1.165, 1.54) is 17.0 Å². The van der Waals surface area contributed by atoms with Crippen LogP contribution in [-0.4, -0.2) is 53.5 Å². The number of ether oxygens (including phenoxy) is 2. The van der Waals surface area contributed by atoms with Crippen LogP contribution in [0.1, 0.15) is 43.4 Å². The highest BCUT2D eigenvalue weighted by Gasteiger charge is 2.36. The second kappa shape index (κ2) is 9.74. The zero-order chi connectivity index (χ0) is 25.2. The summed E-state index contributed by atoms with van der Waals surface area (Å²) < 4.78 is 36.4. The number of halogens is 2. The van der Waals surface area contributed by atoms with Crippen molar-refractivity contribution in [3.8, 4) is 5.75 Å². The first-order valence-corrected chi connectivity index (χ1v) is 11.3. The summed E-state index contributed by atoms with van der Waals surface area (Å²) in [4.78, 5) is 31.1. The maximum atomic E-state index is 13.3. The van der Waals surface area contributed by atoms with Gasteiger partial charge in [0.2, 0.25) is 5.91 Å². The molecule has 2 aliphatic heterocycles. The number of urea groups is 1. The van der Waals surface area contributed by atoms with Gasteiger partial charge >= 0.3 is 12.1 Å². The summed E-state index contributed by atoms with van der Waals surface area (Å²) in [6.07, 6.45) is -0.793. The maximum absolute atomic E-state index is 13.3. The second-order valence-electron chi connectivity index (χ2n) is 9.04. The van der Waals surface area contributed by atoms with Gasteiger partial charge in [0.15, 0.2) is 5.82 Å². The third-order valence-corrected chi connectivity index (χ3v) is 5.96. The fourth-order valence-electron chi connectivity index (χ4n) is 4.24. The lowest BCUT2D eigenvalue weighted by atomic mass is 9.85. The summed E-state index contributed by atoms with van der Waals surface area (Å²) in [5, 5.41) is 16.7. The minimum absolute atomic E-state index is 0.0303. The number of nitrogens with one attached hydrogen (secondary N) is 2. The summed E-state index contributed by atoms with van der Waals surface area (Å²) in [5.74, 6) is -0.0795. The van der Waals surface area contributed by atoms with E-state index in [2.05, 4.69) is 20.4 Å². The van der Waals surface area contributed by atoms with Gasteiger partial charge in [-0.25, -0.2) is 9.78 Å². The number of fused-ring (bicyclic) bond motifs is 1. The Hall–Kier alpha value is -3.31. The average Bonchev–Trinajstić information content (AvgIpc) is 2.77. The maximum Gasteiger partial charge on any atom is 0.394 e. The fraction of sp³-hybridized carbons (Fsp3) is 0.458. The number of carbonyl (C=O) groups is 2. The molecular formula is C24H28F2N4O5. The molecule has 9 nitrogen and oxygen atoms in total. The van der Waals surface area contributed by atoms with Crippen molar-refractivity contribution in [1.82, 2.24) is 10.3 Å². The average molecular weight is 491 g/mol. The van der Waals surface area contributed by atoms with E-state index >= 15 is 0 Å². The van der Waals surface area contributed by atoms with Crippen molar-refractivity contribution in [3.63, 3.8) is 0 Å². The molecule has 0 saturated carbocycles. The van der Waals surface area contributed by atoms with E-state index in [9.17, 15) is 23.5 Å². The number of hydrogen-bond donors (Lipinski definition) is 3. The van der Waals surface area contributed by atoms with Gasteiger partial charge in [-0.2, -0.15) is 8.78 Å². The molecular weight excluding hydrogens is 462 g/mol. The summed E-state index contributed by atoms with van der Waals surface area (Å²) in [5.41, 5.74) is 0.751. The van der Waals surface area contributed by atoms with Crippen molar-refractivity contribution in [2.24, 2.45) is 0 Å². The van der Waals surface area contributed by atoms with Crippen LogP contribution < -0.4 is 20.3 Å². The highest BCUT2D eigenvalue weighted by molar-refractivity contribution is 6.08. The van der Waals surface area contributed by atoms with Crippen molar-refractivity contribution in [2.45, 2.75) is 50.9 Å². The number of rotatable bonds is 6. The van der Waals surface area contributed by atoms with Crippen LogP contribution in [0.2, 0.25) is 0 Å². The topological polar surface area (TPSA) is 113 Å². The number of pyridine rings is 1. The smallest absolute Gasteiger partial charge is 0.394 e. The highest BCUT2D eigenvalue weighted by Crippen LogP contribution is 2.34. The van der Waals surface area contributed by atoms with E-state index < -0.39 is 23.8 Å². The van der Waals surface area contributed by atoms with Gasteiger partial charge in [0.05, 0.1) is 17.3 Å². The molecule has 1 unspecified atom stereocenters. The Balaban J connectivity index is 1.59. The Kier molecular flexibility index (Phi) is 6.91. The molecule has 1 aromatic heterocycles. The third kappa shape index (κ3) is 6.23. The number of aromatic nitrogens is 1. The highest BCUT2D eigenvalue weighted by atomic mass is 19.3. The minimum Gasteiger partial charge on any atom is -0.433 e. The molecule has 4 rings (SSSR count). The molecule has 0 radical (unpaired) electrons. The van der Waals surface area contributed by atoms with E-state index in [-0.39, 0.29) is 24.6 Å². The molecule has 1 atom stereocenters. The third-order valence-electron chi connectivity index (χ3n) is 5.96. The van der Waals surface area contributed by atoms with Gasteiger partial charge in [-0.15, -0.1) is 0 Å². The standard InChI is InChI=1S/C24H28F2N4O5/c1-15-11-18-21(27-13-15)30(14-20(31)28-18)22(32)29-19(12-24(33)7-9-34-10-8-24)16-3-5-17(6-4-16)35-23(2,25)26/h3-6,11,13,19,33H,7-10,12,14H2,1-2H3,(H,28,31)(H,29,32). The van der Waals surface area contributed by atoms with Crippen molar-refractivity contribution in [2.75, 3.05) is 30.0 Å². The molecule has 188 valence electrons. The van der Waals surface area contributed by atoms with Crippen LogP contribution in [0, 0.1) is 6.92 Å². The first-order chi connectivity index (χ1) is 16.5. The van der Waals surface area contributed by atoms with E-state index in [4.69, 9.17) is 4.74 Å². The molecule has 35 heavy (non-hydrogen) atoms. The Labute approximate surface area is 201 Å². The predicted octanol–water partition coefficient (Wildman–Crippen LogP) is 3.52. The largest absolute Gasteiger partial charge is 0.433 e. The number of aryl methyl sites for hydroxylation is 1. The number of nitrogens with zero attached hydrogens (tertiary/aromatic N) is 2. The number of carbonyl (C=O) groups excluding carboxylic acids is 2. The molecule has 1 fully saturated rings. The number of amides is 3. The normalized spacial score (nSPS) is 18.3. The number of anilines is 2. The van der Waals surface area contributed by atoms with Crippen LogP contribution in [-0.2, 0) is 9.53 Å². The van der Waals surface area contributed by atoms with Crippen molar-refractivity contribution in [1.29, 1.82) is 0 Å². The van der Waals surface area contributed by atoms with Gasteiger partial charge in [0.25, 0.3) is 0 Å². The van der Waals surface area contributed by atoms with Crippen molar-refractivity contribution in [3.05, 3.63) is 47.7 Å². The van der Waals surface area contributed by atoms with Gasteiger partial charge in [-0.05, 0) is 49.1 Å². The van der Waals surface area contributed by atoms with Crippen LogP contribution in [0.4, 0.5) is 25.1 Å². The summed E-state index contributed by atoms with van der Waals surface area (Å²) in [6.45, 7) is 3.02. The van der Waals surface area contributed by atoms with Gasteiger partial charge < -0.3 is 25.2 Å². The second-order valence-corrected chi connectivity index (χ2v) is 9.04. The lowest BCUT2D eigenvalue weighted by Gasteiger charge is -2.36. The fourth-order valence-corrected chi connectivity index (χ4v) is 4.24. The number of hydrogen-bond acceptors (Lipinski definition) is 6. The molecule has 1 aromatic carbocycles. The molecule has 11 heteroatoms. The van der Waals surface area contributed by atoms with Crippen molar-refractivity contribution >= 4 is 23.4 Å². The quantitative estimate of drug-likeness (QED) is 0.571. The Morgan fingerprint density at radius 2 is 2.03 bits per heavy atom. The summed E-state index contributed by atoms with van der Waals surface area (Å²) in [7, 11) is 0. The summed E-state index contributed by atoms with van der Waals surface area (Å²) >= 11 is 0. The number of alkyl halides is 2. The Morgan fingerprint density at radius 1 is 1.34 bits per heavy atom. The van der Waals surface area contributed by atoms with E-state index in [0.717, 1.165) is 5.56 Å². The lowest BCUT2D eigenvalue weighted by Crippen LogP contribution is -2.50.